The Bertz CT molecular complexity index is 484. The quantitative estimate of drug-likeness (QED) is 0.779. The zero-order valence-electron chi connectivity index (χ0n) is 11.2. The number of aliphatic hydroxyl groups is 1. The first-order chi connectivity index (χ1) is 9.61. The number of hydrogen-bond acceptors (Lipinski definition) is 3. The molecule has 1 amide bonds. The zero-order chi connectivity index (χ0) is 14.5. The number of carbonyl (C=O) groups is 1. The maximum atomic E-state index is 12.5. The van der Waals surface area contributed by atoms with Gasteiger partial charge in [-0.2, -0.15) is 0 Å². The lowest BCUT2D eigenvalue weighted by molar-refractivity contribution is 0.0760. The topological polar surface area (TPSA) is 43.8 Å². The average molecular weight is 409 g/mol. The molecule has 1 aromatic carbocycles. The Morgan fingerprint density at radius 2 is 2.10 bits per heavy atom. The van der Waals surface area contributed by atoms with Crippen molar-refractivity contribution in [1.82, 2.24) is 9.80 Å². The van der Waals surface area contributed by atoms with Crippen molar-refractivity contribution in [2.75, 3.05) is 39.3 Å². The van der Waals surface area contributed by atoms with Crippen LogP contribution in [0.15, 0.2) is 18.2 Å². The van der Waals surface area contributed by atoms with Crippen molar-refractivity contribution in [3.8, 4) is 0 Å². The first-order valence-electron chi connectivity index (χ1n) is 6.69. The minimum atomic E-state index is 0.0362. The Labute approximate surface area is 137 Å². The number of carbonyl (C=O) groups excluding carboxylic acids is 1. The van der Waals surface area contributed by atoms with Crippen LogP contribution in [-0.2, 0) is 0 Å². The van der Waals surface area contributed by atoms with Crippen molar-refractivity contribution in [3.63, 3.8) is 0 Å². The van der Waals surface area contributed by atoms with Gasteiger partial charge in [-0.05, 0) is 53.8 Å². The molecule has 1 fully saturated rings. The summed E-state index contributed by atoms with van der Waals surface area (Å²) in [6.07, 6.45) is 0.934. The molecule has 2 rings (SSSR count). The highest BCUT2D eigenvalue weighted by atomic mass is 127. The molecule has 1 saturated heterocycles. The van der Waals surface area contributed by atoms with E-state index in [1.54, 1.807) is 6.07 Å². The van der Waals surface area contributed by atoms with Gasteiger partial charge in [0.15, 0.2) is 0 Å². The van der Waals surface area contributed by atoms with Crippen LogP contribution >= 0.6 is 34.2 Å². The van der Waals surface area contributed by atoms with Crippen LogP contribution in [0.1, 0.15) is 16.8 Å². The fourth-order valence-corrected chi connectivity index (χ4v) is 2.87. The van der Waals surface area contributed by atoms with E-state index in [2.05, 4.69) is 27.5 Å². The van der Waals surface area contributed by atoms with Crippen molar-refractivity contribution < 1.29 is 9.90 Å². The highest BCUT2D eigenvalue weighted by molar-refractivity contribution is 14.1. The van der Waals surface area contributed by atoms with Gasteiger partial charge in [-0.3, -0.25) is 9.69 Å². The van der Waals surface area contributed by atoms with Crippen LogP contribution in [0.2, 0.25) is 5.02 Å². The molecular weight excluding hydrogens is 391 g/mol. The van der Waals surface area contributed by atoms with E-state index in [-0.39, 0.29) is 12.5 Å². The maximum Gasteiger partial charge on any atom is 0.253 e. The van der Waals surface area contributed by atoms with Crippen molar-refractivity contribution in [3.05, 3.63) is 32.4 Å². The Kier molecular flexibility index (Phi) is 6.07. The first kappa shape index (κ1) is 16.0. The second kappa shape index (κ2) is 7.59. The predicted molar refractivity (Wildman–Crippen MR) is 88.2 cm³/mol. The average Bonchev–Trinajstić information content (AvgIpc) is 2.67. The summed E-state index contributed by atoms with van der Waals surface area (Å²) in [6.45, 7) is 4.03. The molecule has 0 aliphatic carbocycles. The molecule has 0 aromatic heterocycles. The van der Waals surface area contributed by atoms with Crippen LogP contribution < -0.4 is 0 Å². The normalized spacial score (nSPS) is 17.1. The van der Waals surface area contributed by atoms with Gasteiger partial charge in [-0.1, -0.05) is 11.6 Å². The molecule has 0 spiro atoms. The van der Waals surface area contributed by atoms with Crippen molar-refractivity contribution in [2.24, 2.45) is 0 Å². The molecule has 0 unspecified atom stereocenters. The SMILES string of the molecule is O=C(c1ccc(I)c(Cl)c1)N1CCCN(CCO)CC1. The summed E-state index contributed by atoms with van der Waals surface area (Å²) in [5, 5.41) is 9.60. The van der Waals surface area contributed by atoms with Crippen LogP contribution in [0.5, 0.6) is 0 Å². The van der Waals surface area contributed by atoms with Gasteiger partial charge in [0.25, 0.3) is 5.91 Å². The van der Waals surface area contributed by atoms with Gasteiger partial charge in [0.1, 0.15) is 0 Å². The van der Waals surface area contributed by atoms with Gasteiger partial charge in [0.2, 0.25) is 0 Å². The third kappa shape index (κ3) is 4.07. The number of β-amino-alcohol motifs (C(OH)–C–C–N with tert-alkyl or cyclic N) is 1. The second-order valence-corrected chi connectivity index (χ2v) is 6.41. The molecule has 110 valence electrons. The lowest BCUT2D eigenvalue weighted by Crippen LogP contribution is -2.35. The number of benzene rings is 1. The highest BCUT2D eigenvalue weighted by Gasteiger charge is 2.20. The van der Waals surface area contributed by atoms with Gasteiger partial charge in [-0.15, -0.1) is 0 Å². The summed E-state index contributed by atoms with van der Waals surface area (Å²) in [7, 11) is 0. The minimum absolute atomic E-state index is 0.0362. The van der Waals surface area contributed by atoms with Gasteiger partial charge in [0.05, 0.1) is 11.6 Å². The standard InChI is InChI=1S/C14H18ClIN2O2/c15-12-10-11(2-3-13(12)16)14(20)18-5-1-4-17(6-7-18)8-9-19/h2-3,10,19H,1,4-9H2. The van der Waals surface area contributed by atoms with Gasteiger partial charge in [0, 0.05) is 35.3 Å². The Morgan fingerprint density at radius 1 is 1.30 bits per heavy atom. The van der Waals surface area contributed by atoms with Gasteiger partial charge >= 0.3 is 0 Å². The third-order valence-corrected chi connectivity index (χ3v) is 5.03. The lowest BCUT2D eigenvalue weighted by Gasteiger charge is -2.21. The zero-order valence-corrected chi connectivity index (χ0v) is 14.1. The summed E-state index contributed by atoms with van der Waals surface area (Å²) >= 11 is 8.23. The molecule has 1 aromatic rings. The van der Waals surface area contributed by atoms with E-state index in [1.807, 2.05) is 17.0 Å². The van der Waals surface area contributed by atoms with Crippen LogP contribution in [0.4, 0.5) is 0 Å². The van der Waals surface area contributed by atoms with E-state index < -0.39 is 0 Å². The smallest absolute Gasteiger partial charge is 0.253 e. The molecule has 6 heteroatoms. The maximum absolute atomic E-state index is 12.5. The number of amides is 1. The van der Waals surface area contributed by atoms with E-state index >= 15 is 0 Å². The summed E-state index contributed by atoms with van der Waals surface area (Å²) in [6, 6.07) is 5.43. The minimum Gasteiger partial charge on any atom is -0.395 e. The molecule has 4 nitrogen and oxygen atoms in total. The van der Waals surface area contributed by atoms with E-state index in [1.165, 1.54) is 0 Å². The van der Waals surface area contributed by atoms with E-state index in [4.69, 9.17) is 16.7 Å². The Hall–Kier alpha value is -0.370. The summed E-state index contributed by atoms with van der Waals surface area (Å²) in [4.78, 5) is 16.5. The molecule has 0 saturated carbocycles. The van der Waals surface area contributed by atoms with Crippen LogP contribution in [0.3, 0.4) is 0 Å². The molecule has 0 bridgehead atoms. The molecular formula is C14H18ClIN2O2. The van der Waals surface area contributed by atoms with Crippen molar-refractivity contribution >= 4 is 40.1 Å². The highest BCUT2D eigenvalue weighted by Crippen LogP contribution is 2.20. The summed E-state index contributed by atoms with van der Waals surface area (Å²) in [5.74, 6) is 0.0362. The van der Waals surface area contributed by atoms with Gasteiger partial charge in [-0.25, -0.2) is 0 Å². The molecule has 20 heavy (non-hydrogen) atoms. The monoisotopic (exact) mass is 408 g/mol. The third-order valence-electron chi connectivity index (χ3n) is 3.46. The predicted octanol–water partition coefficient (Wildman–Crippen LogP) is 2.08. The van der Waals surface area contributed by atoms with Crippen LogP contribution in [0.25, 0.3) is 0 Å². The Morgan fingerprint density at radius 3 is 2.80 bits per heavy atom. The number of hydrogen-bond donors (Lipinski definition) is 1. The summed E-state index contributed by atoms with van der Waals surface area (Å²) < 4.78 is 0.950. The molecule has 1 N–H and O–H groups in total. The first-order valence-corrected chi connectivity index (χ1v) is 8.15. The number of halogens is 2. The Balaban J connectivity index is 2.03. The summed E-state index contributed by atoms with van der Waals surface area (Å²) in [5.41, 5.74) is 0.644. The number of rotatable bonds is 3. The van der Waals surface area contributed by atoms with E-state index in [0.717, 1.165) is 29.6 Å². The van der Waals surface area contributed by atoms with Gasteiger partial charge < -0.3 is 10.0 Å². The van der Waals surface area contributed by atoms with Crippen LogP contribution in [-0.4, -0.2) is 60.1 Å². The molecule has 0 atom stereocenters. The fraction of sp³-hybridized carbons (Fsp3) is 0.500. The van der Waals surface area contributed by atoms with Crippen LogP contribution in [0, 0.1) is 3.57 Å². The van der Waals surface area contributed by atoms with E-state index in [0.29, 0.717) is 23.7 Å². The molecule has 1 aliphatic heterocycles. The fourth-order valence-electron chi connectivity index (χ4n) is 2.35. The number of aliphatic hydroxyl groups excluding tert-OH is 1. The van der Waals surface area contributed by atoms with E-state index in [9.17, 15) is 4.79 Å². The molecule has 0 radical (unpaired) electrons. The largest absolute Gasteiger partial charge is 0.395 e. The van der Waals surface area contributed by atoms with Crippen molar-refractivity contribution in [1.29, 1.82) is 0 Å². The molecule has 1 heterocycles. The number of nitrogens with zero attached hydrogens (tertiary/aromatic N) is 2. The molecule has 1 aliphatic rings. The second-order valence-electron chi connectivity index (χ2n) is 4.84. The van der Waals surface area contributed by atoms with Crippen molar-refractivity contribution in [2.45, 2.75) is 6.42 Å². The lowest BCUT2D eigenvalue weighted by atomic mass is 10.2.